The molecule has 6 aromatic rings. The Morgan fingerprint density at radius 2 is 0.838 bits per heavy atom. The standard InChI is InChI=1S/2C25H33N5O6S/c2*1-15-10-11-21(36-15)25-29-28-22(30(25)23-19(34-5)8-7-9-20(23)35-6)14-37(31,32)17(3)16(2)24-26-12-18(33-4)13-27-24/h2*7-9,12-13,15-17,21H,10-11,14H2,1-6H3/t15-,16+,17+,21-;15-,16-,17-,21-/m10/s1. The van der Waals surface area contributed by atoms with Gasteiger partial charge in [0.25, 0.3) is 0 Å². The van der Waals surface area contributed by atoms with Gasteiger partial charge in [-0.3, -0.25) is 9.13 Å². The van der Waals surface area contributed by atoms with E-state index in [1.807, 2.05) is 13.8 Å². The predicted molar refractivity (Wildman–Crippen MR) is 272 cm³/mol. The molecular formula is C50H66N10O12S2. The molecule has 24 heteroatoms. The van der Waals surface area contributed by atoms with E-state index in [1.165, 1.54) is 39.0 Å². The van der Waals surface area contributed by atoms with Crippen molar-refractivity contribution in [3.05, 3.63) is 96.1 Å². The van der Waals surface area contributed by atoms with Crippen molar-refractivity contribution in [2.75, 3.05) is 42.7 Å². The molecule has 0 amide bonds. The summed E-state index contributed by atoms with van der Waals surface area (Å²) in [5, 5.41) is 15.9. The molecule has 2 fully saturated rings. The summed E-state index contributed by atoms with van der Waals surface area (Å²) in [7, 11) is 1.78. The average molecular weight is 1060 g/mol. The van der Waals surface area contributed by atoms with E-state index in [0.717, 1.165) is 25.7 Å². The molecule has 8 rings (SSSR count). The molecule has 0 spiro atoms. The van der Waals surface area contributed by atoms with E-state index in [9.17, 15) is 16.8 Å². The first kappa shape index (κ1) is 55.3. The number of para-hydroxylation sites is 2. The van der Waals surface area contributed by atoms with Crippen molar-refractivity contribution >= 4 is 19.7 Å². The van der Waals surface area contributed by atoms with Crippen molar-refractivity contribution in [3.8, 4) is 45.9 Å². The molecule has 2 aliphatic rings. The van der Waals surface area contributed by atoms with Gasteiger partial charge >= 0.3 is 0 Å². The second-order valence-corrected chi connectivity index (χ2v) is 22.9. The van der Waals surface area contributed by atoms with Crippen molar-refractivity contribution in [2.24, 2.45) is 0 Å². The second kappa shape index (κ2) is 23.8. The van der Waals surface area contributed by atoms with Gasteiger partial charge in [0.2, 0.25) is 0 Å². The highest BCUT2D eigenvalue weighted by atomic mass is 32.2. The third-order valence-corrected chi connectivity index (χ3v) is 18.0. The molecule has 74 heavy (non-hydrogen) atoms. The Morgan fingerprint density at radius 3 is 1.11 bits per heavy atom. The molecule has 6 heterocycles. The van der Waals surface area contributed by atoms with Crippen LogP contribution in [-0.4, -0.2) is 132 Å². The van der Waals surface area contributed by atoms with Gasteiger partial charge in [0.05, 0.1) is 90.2 Å². The number of nitrogens with zero attached hydrogens (tertiary/aromatic N) is 10. The highest BCUT2D eigenvalue weighted by Gasteiger charge is 2.38. The van der Waals surface area contributed by atoms with Gasteiger partial charge in [0.1, 0.15) is 69.7 Å². The summed E-state index contributed by atoms with van der Waals surface area (Å²) in [4.78, 5) is 17.1. The number of hydrogen-bond acceptors (Lipinski definition) is 20. The third kappa shape index (κ3) is 11.9. The van der Waals surface area contributed by atoms with Crippen molar-refractivity contribution in [1.82, 2.24) is 49.5 Å². The minimum Gasteiger partial charge on any atom is -0.494 e. The van der Waals surface area contributed by atoms with Gasteiger partial charge in [-0.15, -0.1) is 20.4 Å². The number of methoxy groups -OCH3 is 6. The van der Waals surface area contributed by atoms with Gasteiger partial charge in [0, 0.05) is 11.8 Å². The van der Waals surface area contributed by atoms with Gasteiger partial charge in [-0.05, 0) is 77.6 Å². The Balaban J connectivity index is 0.000000216. The quantitative estimate of drug-likeness (QED) is 0.0756. The van der Waals surface area contributed by atoms with Crippen LogP contribution in [0.15, 0.2) is 61.2 Å². The van der Waals surface area contributed by atoms with Gasteiger partial charge < -0.3 is 37.9 Å². The summed E-state index contributed by atoms with van der Waals surface area (Å²) < 4.78 is 103. The van der Waals surface area contributed by atoms with E-state index in [0.29, 0.717) is 69.2 Å². The molecule has 8 atom stereocenters. The Kier molecular flexibility index (Phi) is 17.8. The van der Waals surface area contributed by atoms with Gasteiger partial charge in [0.15, 0.2) is 54.5 Å². The van der Waals surface area contributed by atoms with Crippen LogP contribution in [0.2, 0.25) is 0 Å². The number of rotatable bonds is 20. The normalized spacial score (nSPS) is 19.4. The second-order valence-electron chi connectivity index (χ2n) is 18.2. The summed E-state index contributed by atoms with van der Waals surface area (Å²) in [6.45, 7) is 10.9. The molecule has 400 valence electrons. The lowest BCUT2D eigenvalue weighted by Gasteiger charge is -2.21. The van der Waals surface area contributed by atoms with Gasteiger partial charge in [-0.2, -0.15) is 0 Å². The van der Waals surface area contributed by atoms with Crippen LogP contribution in [0.5, 0.6) is 34.5 Å². The van der Waals surface area contributed by atoms with Crippen LogP contribution < -0.4 is 28.4 Å². The summed E-state index contributed by atoms with van der Waals surface area (Å²) in [5.41, 5.74) is 1.06. The topological polar surface area (TPSA) is 255 Å². The zero-order valence-corrected chi connectivity index (χ0v) is 45.5. The smallest absolute Gasteiger partial charge is 0.167 e. The summed E-state index contributed by atoms with van der Waals surface area (Å²) in [6.07, 6.45) is 8.77. The molecule has 2 aliphatic heterocycles. The Hall–Kier alpha value is -6.50. The summed E-state index contributed by atoms with van der Waals surface area (Å²) in [6, 6.07) is 10.7. The minimum absolute atomic E-state index is 0.0623. The van der Waals surface area contributed by atoms with Gasteiger partial charge in [-0.25, -0.2) is 36.8 Å². The van der Waals surface area contributed by atoms with Gasteiger partial charge in [-0.1, -0.05) is 26.0 Å². The molecule has 0 aliphatic carbocycles. The molecule has 2 aromatic carbocycles. The number of ether oxygens (including phenoxy) is 8. The Labute approximate surface area is 432 Å². The van der Waals surface area contributed by atoms with Crippen LogP contribution in [-0.2, 0) is 40.7 Å². The zero-order chi connectivity index (χ0) is 53.5. The van der Waals surface area contributed by atoms with E-state index in [1.54, 1.807) is 102 Å². The minimum atomic E-state index is -3.72. The fraction of sp³-hybridized carbons (Fsp3) is 0.520. The Bertz CT molecular complexity index is 2820. The van der Waals surface area contributed by atoms with Crippen LogP contribution in [0, 0.1) is 0 Å². The lowest BCUT2D eigenvalue weighted by molar-refractivity contribution is 0.0489. The first-order valence-corrected chi connectivity index (χ1v) is 27.6. The number of hydrogen-bond donors (Lipinski definition) is 0. The molecule has 2 saturated heterocycles. The van der Waals surface area contributed by atoms with Crippen LogP contribution >= 0.6 is 0 Å². The fourth-order valence-electron chi connectivity index (χ4n) is 8.84. The molecule has 0 bridgehead atoms. The SMILES string of the molecule is COc1cnc([C@@H](C)[C@H](C)S(=O)(=O)Cc2nnc([C@@H]3CC[C@H](C)O3)n2-c2c(OC)cccc2OC)nc1.COc1cnc([C@@H](C)[C@H](C)S(=O)(=O)Cc2nnc([C@H]3CC[C@@H](C)O3)n2-c2c(OC)cccc2OC)nc1. The largest absolute Gasteiger partial charge is 0.494 e. The first-order valence-electron chi connectivity index (χ1n) is 24.2. The van der Waals surface area contributed by atoms with E-state index in [4.69, 9.17) is 37.9 Å². The molecule has 22 nitrogen and oxygen atoms in total. The van der Waals surface area contributed by atoms with E-state index in [-0.39, 0.29) is 47.6 Å². The zero-order valence-electron chi connectivity index (χ0n) is 43.8. The molecular weight excluding hydrogens is 997 g/mol. The van der Waals surface area contributed by atoms with E-state index in [2.05, 4.69) is 40.3 Å². The molecule has 0 unspecified atom stereocenters. The maximum absolute atomic E-state index is 13.7. The highest BCUT2D eigenvalue weighted by molar-refractivity contribution is 7.91. The molecule has 0 radical (unpaired) electrons. The van der Waals surface area contributed by atoms with Crippen molar-refractivity contribution in [1.29, 1.82) is 0 Å². The predicted octanol–water partition coefficient (Wildman–Crippen LogP) is 6.86. The van der Waals surface area contributed by atoms with Crippen molar-refractivity contribution in [3.63, 3.8) is 0 Å². The lowest BCUT2D eigenvalue weighted by Crippen LogP contribution is -2.27. The summed E-state index contributed by atoms with van der Waals surface area (Å²) in [5.74, 6) is 3.70. The van der Waals surface area contributed by atoms with E-state index < -0.39 is 42.0 Å². The Morgan fingerprint density at radius 1 is 0.514 bits per heavy atom. The van der Waals surface area contributed by atoms with Crippen LogP contribution in [0.3, 0.4) is 0 Å². The van der Waals surface area contributed by atoms with Crippen molar-refractivity contribution < 1.29 is 54.7 Å². The third-order valence-electron chi connectivity index (χ3n) is 13.6. The van der Waals surface area contributed by atoms with Crippen LogP contribution in [0.1, 0.15) is 126 Å². The maximum atomic E-state index is 13.7. The molecule has 0 N–H and O–H groups in total. The number of benzene rings is 2. The van der Waals surface area contributed by atoms with Crippen LogP contribution in [0.4, 0.5) is 0 Å². The summed E-state index contributed by atoms with van der Waals surface area (Å²) >= 11 is 0. The lowest BCUT2D eigenvalue weighted by atomic mass is 10.1. The first-order chi connectivity index (χ1) is 35.4. The monoisotopic (exact) mass is 1060 g/mol. The fourth-order valence-corrected chi connectivity index (χ4v) is 11.9. The van der Waals surface area contributed by atoms with Crippen molar-refractivity contribution in [2.45, 2.75) is 125 Å². The van der Waals surface area contributed by atoms with Crippen LogP contribution in [0.25, 0.3) is 11.4 Å². The molecule has 0 saturated carbocycles. The van der Waals surface area contributed by atoms with E-state index >= 15 is 0 Å². The maximum Gasteiger partial charge on any atom is 0.167 e. The average Bonchev–Trinajstić information content (AvgIpc) is 4.24. The number of aromatic nitrogens is 10. The highest BCUT2D eigenvalue weighted by Crippen LogP contribution is 2.41. The number of sulfone groups is 2. The molecule has 4 aromatic heterocycles.